The zero-order valence-electron chi connectivity index (χ0n) is 14.6. The molecule has 1 N–H and O–H groups in total. The van der Waals surface area contributed by atoms with Gasteiger partial charge in [0.1, 0.15) is 5.69 Å². The van der Waals surface area contributed by atoms with Gasteiger partial charge in [0.2, 0.25) is 0 Å². The number of nitrogens with one attached hydrogen (secondary N) is 1. The molecule has 3 heterocycles. The lowest BCUT2D eigenvalue weighted by atomic mass is 10.0. The molecule has 0 spiro atoms. The van der Waals surface area contributed by atoms with Crippen LogP contribution in [0.1, 0.15) is 37.8 Å². The Kier molecular flexibility index (Phi) is 4.88. The van der Waals surface area contributed by atoms with Crippen LogP contribution in [0.15, 0.2) is 28.8 Å². The molecule has 6 heteroatoms. The summed E-state index contributed by atoms with van der Waals surface area (Å²) in [5.74, 6) is 0. The molecule has 0 bridgehead atoms. The number of hydrogen-bond donors (Lipinski definition) is 1. The number of rotatable bonds is 3. The Bertz CT molecular complexity index is 715. The monoisotopic (exact) mass is 342 g/mol. The zero-order chi connectivity index (χ0) is 17.1. The van der Waals surface area contributed by atoms with Crippen LogP contribution in [-0.2, 0) is 6.54 Å². The van der Waals surface area contributed by atoms with Crippen molar-refractivity contribution in [3.05, 3.63) is 30.0 Å². The molecule has 0 aliphatic carbocycles. The van der Waals surface area contributed by atoms with Crippen LogP contribution < -0.4 is 5.32 Å². The number of carbonyl (C=O) groups excluding carboxylic acids is 1. The molecule has 134 valence electrons. The van der Waals surface area contributed by atoms with E-state index in [1.165, 1.54) is 32.4 Å². The van der Waals surface area contributed by atoms with Crippen molar-refractivity contribution in [1.29, 1.82) is 0 Å². The molecule has 6 nitrogen and oxygen atoms in total. The highest BCUT2D eigenvalue weighted by molar-refractivity contribution is 5.80. The maximum absolute atomic E-state index is 12.5. The maximum atomic E-state index is 12.5. The average Bonchev–Trinajstić information content (AvgIpc) is 3.10. The second-order valence-electron chi connectivity index (χ2n) is 7.10. The van der Waals surface area contributed by atoms with E-state index < -0.39 is 0 Å². The molecule has 2 saturated heterocycles. The van der Waals surface area contributed by atoms with Crippen molar-refractivity contribution in [2.24, 2.45) is 0 Å². The molecule has 2 amide bonds. The van der Waals surface area contributed by atoms with Crippen LogP contribution in [-0.4, -0.2) is 53.2 Å². The number of para-hydroxylation sites is 1. The number of benzene rings is 1. The summed E-state index contributed by atoms with van der Waals surface area (Å²) >= 11 is 0. The van der Waals surface area contributed by atoms with E-state index in [4.69, 9.17) is 4.52 Å². The summed E-state index contributed by atoms with van der Waals surface area (Å²) in [6.07, 6.45) is 6.19. The van der Waals surface area contributed by atoms with Gasteiger partial charge in [-0.25, -0.2) is 4.79 Å². The third kappa shape index (κ3) is 3.63. The second kappa shape index (κ2) is 7.44. The number of carbonyl (C=O) groups is 1. The first-order chi connectivity index (χ1) is 12.3. The summed E-state index contributed by atoms with van der Waals surface area (Å²) in [5, 5.41) is 8.03. The number of hydrogen-bond acceptors (Lipinski definition) is 4. The summed E-state index contributed by atoms with van der Waals surface area (Å²) < 4.78 is 5.29. The van der Waals surface area contributed by atoms with Crippen molar-refractivity contribution < 1.29 is 9.32 Å². The first kappa shape index (κ1) is 16.4. The van der Waals surface area contributed by atoms with Gasteiger partial charge in [-0.1, -0.05) is 23.7 Å². The summed E-state index contributed by atoms with van der Waals surface area (Å²) in [5.41, 5.74) is 1.54. The molecule has 1 aromatic heterocycles. The van der Waals surface area contributed by atoms with E-state index in [9.17, 15) is 4.79 Å². The van der Waals surface area contributed by atoms with Gasteiger partial charge in [0, 0.05) is 24.5 Å². The molecule has 25 heavy (non-hydrogen) atoms. The first-order valence-corrected chi connectivity index (χ1v) is 9.41. The molecule has 2 fully saturated rings. The highest BCUT2D eigenvalue weighted by Gasteiger charge is 2.27. The topological polar surface area (TPSA) is 61.6 Å². The van der Waals surface area contributed by atoms with Crippen LogP contribution in [0, 0.1) is 0 Å². The van der Waals surface area contributed by atoms with Crippen molar-refractivity contribution in [3.63, 3.8) is 0 Å². The lowest BCUT2D eigenvalue weighted by molar-refractivity contribution is 0.101. The van der Waals surface area contributed by atoms with Crippen molar-refractivity contribution >= 4 is 17.0 Å². The number of piperidine rings is 2. The van der Waals surface area contributed by atoms with E-state index >= 15 is 0 Å². The van der Waals surface area contributed by atoms with Crippen LogP contribution in [0.2, 0.25) is 0 Å². The number of aromatic nitrogens is 1. The van der Waals surface area contributed by atoms with Gasteiger partial charge < -0.3 is 19.6 Å². The smallest absolute Gasteiger partial charge is 0.317 e. The third-order valence-corrected chi connectivity index (χ3v) is 5.52. The van der Waals surface area contributed by atoms with E-state index in [2.05, 4.69) is 15.4 Å². The predicted octanol–water partition coefficient (Wildman–Crippen LogP) is 2.99. The molecule has 2 aliphatic rings. The Balaban J connectivity index is 1.27. The van der Waals surface area contributed by atoms with Gasteiger partial charge in [-0.3, -0.25) is 0 Å². The second-order valence-corrected chi connectivity index (χ2v) is 7.10. The number of nitrogens with zero attached hydrogens (tertiary/aromatic N) is 3. The van der Waals surface area contributed by atoms with Crippen LogP contribution in [0.5, 0.6) is 0 Å². The van der Waals surface area contributed by atoms with Gasteiger partial charge in [0.05, 0.1) is 6.54 Å². The fourth-order valence-electron chi connectivity index (χ4n) is 4.05. The van der Waals surface area contributed by atoms with Crippen LogP contribution >= 0.6 is 0 Å². The van der Waals surface area contributed by atoms with Crippen molar-refractivity contribution in [2.45, 2.75) is 44.7 Å². The molecule has 2 aliphatic heterocycles. The quantitative estimate of drug-likeness (QED) is 0.931. The Morgan fingerprint density at radius 2 is 1.88 bits per heavy atom. The SMILES string of the molecule is O=C(NCc1noc2ccccc12)N1CCC(N2CCCCC2)CC1. The van der Waals surface area contributed by atoms with Gasteiger partial charge in [-0.15, -0.1) is 0 Å². The van der Waals surface area contributed by atoms with E-state index in [-0.39, 0.29) is 6.03 Å². The van der Waals surface area contributed by atoms with Crippen molar-refractivity contribution in [3.8, 4) is 0 Å². The lowest BCUT2D eigenvalue weighted by Crippen LogP contribution is -2.50. The first-order valence-electron chi connectivity index (χ1n) is 9.41. The lowest BCUT2D eigenvalue weighted by Gasteiger charge is -2.40. The average molecular weight is 342 g/mol. The van der Waals surface area contributed by atoms with E-state index in [0.717, 1.165) is 42.6 Å². The van der Waals surface area contributed by atoms with E-state index in [0.29, 0.717) is 12.6 Å². The molecule has 0 unspecified atom stereocenters. The van der Waals surface area contributed by atoms with Gasteiger partial charge in [-0.05, 0) is 50.9 Å². The van der Waals surface area contributed by atoms with Gasteiger partial charge in [0.15, 0.2) is 5.58 Å². The summed E-state index contributed by atoms with van der Waals surface area (Å²) in [7, 11) is 0. The molecular formula is C19H26N4O2. The van der Waals surface area contributed by atoms with E-state index in [1.54, 1.807) is 0 Å². The van der Waals surface area contributed by atoms with Crippen molar-refractivity contribution in [1.82, 2.24) is 20.3 Å². The van der Waals surface area contributed by atoms with Gasteiger partial charge in [-0.2, -0.15) is 0 Å². The van der Waals surface area contributed by atoms with Crippen molar-refractivity contribution in [2.75, 3.05) is 26.2 Å². The summed E-state index contributed by atoms with van der Waals surface area (Å²) in [6, 6.07) is 8.39. The standard InChI is InChI=1S/C19H26N4O2/c24-19(20-14-17-16-6-2-3-7-18(16)25-21-17)23-12-8-15(9-13-23)22-10-4-1-5-11-22/h2-3,6-7,15H,1,4-5,8-14H2,(H,20,24). The number of urea groups is 1. The Morgan fingerprint density at radius 1 is 1.12 bits per heavy atom. The predicted molar refractivity (Wildman–Crippen MR) is 96.3 cm³/mol. The highest BCUT2D eigenvalue weighted by Crippen LogP contribution is 2.21. The van der Waals surface area contributed by atoms with Crippen LogP contribution in [0.25, 0.3) is 11.0 Å². The molecule has 0 radical (unpaired) electrons. The molecule has 2 aromatic rings. The Labute approximate surface area is 148 Å². The largest absolute Gasteiger partial charge is 0.356 e. The third-order valence-electron chi connectivity index (χ3n) is 5.52. The molecular weight excluding hydrogens is 316 g/mol. The highest BCUT2D eigenvalue weighted by atomic mass is 16.5. The van der Waals surface area contributed by atoms with Crippen LogP contribution in [0.4, 0.5) is 4.79 Å². The summed E-state index contributed by atoms with van der Waals surface area (Å²) in [6.45, 7) is 4.55. The minimum atomic E-state index is 0.00387. The molecule has 4 rings (SSSR count). The van der Waals surface area contributed by atoms with Gasteiger partial charge in [0.25, 0.3) is 0 Å². The fraction of sp³-hybridized carbons (Fsp3) is 0.579. The van der Waals surface area contributed by atoms with Gasteiger partial charge >= 0.3 is 6.03 Å². The molecule has 0 atom stereocenters. The maximum Gasteiger partial charge on any atom is 0.317 e. The fourth-order valence-corrected chi connectivity index (χ4v) is 4.05. The van der Waals surface area contributed by atoms with Crippen LogP contribution in [0.3, 0.4) is 0 Å². The molecule has 1 aromatic carbocycles. The summed E-state index contributed by atoms with van der Waals surface area (Å²) in [4.78, 5) is 17.0. The molecule has 0 saturated carbocycles. The normalized spacial score (nSPS) is 20.1. The number of fused-ring (bicyclic) bond motifs is 1. The minimum Gasteiger partial charge on any atom is -0.356 e. The van der Waals surface area contributed by atoms with E-state index in [1.807, 2.05) is 29.2 Å². The Morgan fingerprint density at radius 3 is 2.68 bits per heavy atom. The number of amides is 2. The Hall–Kier alpha value is -2.08. The number of likely N-dealkylation sites (tertiary alicyclic amines) is 2. The zero-order valence-corrected chi connectivity index (χ0v) is 14.6. The minimum absolute atomic E-state index is 0.00387.